The highest BCUT2D eigenvalue weighted by molar-refractivity contribution is 6.03. The van der Waals surface area contributed by atoms with E-state index in [1.165, 1.54) is 24.5 Å². The maximum absolute atomic E-state index is 13.7. The Hall–Kier alpha value is -3.09. The summed E-state index contributed by atoms with van der Waals surface area (Å²) in [6, 6.07) is 5.30. The zero-order chi connectivity index (χ0) is 15.2. The average molecular weight is 287 g/mol. The molecule has 1 amide bonds. The highest BCUT2D eigenvalue weighted by Gasteiger charge is 2.10. The van der Waals surface area contributed by atoms with E-state index in [0.29, 0.717) is 0 Å². The molecule has 2 rings (SSSR count). The molecule has 1 aromatic heterocycles. The molecule has 106 valence electrons. The molecule has 0 aliphatic carbocycles. The Labute approximate surface area is 119 Å². The number of anilines is 1. The Morgan fingerprint density at radius 1 is 1.24 bits per heavy atom. The van der Waals surface area contributed by atoms with Gasteiger partial charge in [0.05, 0.1) is 0 Å². The van der Waals surface area contributed by atoms with Crippen molar-refractivity contribution in [3.63, 3.8) is 0 Å². The SMILES string of the molecule is O=C(O)C=Cc1ccc(C(=O)Nc2ncccn2)cc1F. The third kappa shape index (κ3) is 3.93. The second kappa shape index (κ2) is 6.38. The molecule has 0 aliphatic heterocycles. The minimum atomic E-state index is -1.18. The molecule has 0 spiro atoms. The lowest BCUT2D eigenvalue weighted by molar-refractivity contribution is -0.131. The van der Waals surface area contributed by atoms with Gasteiger partial charge in [-0.2, -0.15) is 0 Å². The van der Waals surface area contributed by atoms with Crippen LogP contribution in [0.15, 0.2) is 42.7 Å². The first-order valence-electron chi connectivity index (χ1n) is 5.85. The minimum Gasteiger partial charge on any atom is -0.478 e. The van der Waals surface area contributed by atoms with Gasteiger partial charge in [0.1, 0.15) is 5.82 Å². The second-order valence-corrected chi connectivity index (χ2v) is 3.93. The smallest absolute Gasteiger partial charge is 0.328 e. The number of aliphatic carboxylic acids is 1. The van der Waals surface area contributed by atoms with E-state index in [-0.39, 0.29) is 17.1 Å². The van der Waals surface area contributed by atoms with Gasteiger partial charge in [-0.3, -0.25) is 10.1 Å². The molecule has 0 saturated heterocycles. The first-order chi connectivity index (χ1) is 10.1. The number of hydrogen-bond acceptors (Lipinski definition) is 4. The molecule has 0 unspecified atom stereocenters. The minimum absolute atomic E-state index is 0.0740. The summed E-state index contributed by atoms with van der Waals surface area (Å²) in [7, 11) is 0. The maximum Gasteiger partial charge on any atom is 0.328 e. The monoisotopic (exact) mass is 287 g/mol. The van der Waals surface area contributed by atoms with E-state index in [0.717, 1.165) is 18.2 Å². The molecule has 21 heavy (non-hydrogen) atoms. The van der Waals surface area contributed by atoms with Gasteiger partial charge < -0.3 is 5.11 Å². The Bertz CT molecular complexity index is 702. The molecule has 2 aromatic rings. The molecule has 0 bridgehead atoms. The average Bonchev–Trinajstić information content (AvgIpc) is 2.46. The molecule has 0 fully saturated rings. The van der Waals surface area contributed by atoms with Crippen LogP contribution in [0.2, 0.25) is 0 Å². The number of carboxylic acids is 1. The van der Waals surface area contributed by atoms with Gasteiger partial charge in [0.15, 0.2) is 0 Å². The summed E-state index contributed by atoms with van der Waals surface area (Å²) in [6.45, 7) is 0. The van der Waals surface area contributed by atoms with Gasteiger partial charge in [0.25, 0.3) is 5.91 Å². The molecule has 1 aromatic carbocycles. The number of nitrogens with zero attached hydrogens (tertiary/aromatic N) is 2. The predicted molar refractivity (Wildman–Crippen MR) is 73.1 cm³/mol. The van der Waals surface area contributed by atoms with Crippen LogP contribution in [0.4, 0.5) is 10.3 Å². The summed E-state index contributed by atoms with van der Waals surface area (Å²) in [5, 5.41) is 10.9. The first-order valence-corrected chi connectivity index (χ1v) is 5.85. The lowest BCUT2D eigenvalue weighted by atomic mass is 10.1. The number of aromatic nitrogens is 2. The van der Waals surface area contributed by atoms with Crippen LogP contribution in [0.3, 0.4) is 0 Å². The van der Waals surface area contributed by atoms with Crippen molar-refractivity contribution in [3.05, 3.63) is 59.7 Å². The number of nitrogens with one attached hydrogen (secondary N) is 1. The summed E-state index contributed by atoms with van der Waals surface area (Å²) in [5.41, 5.74) is 0.150. The number of carbonyl (C=O) groups is 2. The van der Waals surface area contributed by atoms with Crippen LogP contribution >= 0.6 is 0 Å². The number of amides is 1. The molecule has 0 saturated carbocycles. The van der Waals surface area contributed by atoms with E-state index in [4.69, 9.17) is 5.11 Å². The zero-order valence-electron chi connectivity index (χ0n) is 10.7. The maximum atomic E-state index is 13.7. The van der Waals surface area contributed by atoms with Gasteiger partial charge in [-0.1, -0.05) is 6.07 Å². The van der Waals surface area contributed by atoms with Gasteiger partial charge in [-0.25, -0.2) is 19.2 Å². The molecular formula is C14H10FN3O3. The Morgan fingerprint density at radius 2 is 1.95 bits per heavy atom. The van der Waals surface area contributed by atoms with Gasteiger partial charge in [-0.15, -0.1) is 0 Å². The highest BCUT2D eigenvalue weighted by atomic mass is 19.1. The predicted octanol–water partition coefficient (Wildman–Crippen LogP) is 1.97. The van der Waals surface area contributed by atoms with E-state index in [9.17, 15) is 14.0 Å². The lowest BCUT2D eigenvalue weighted by Crippen LogP contribution is -2.14. The fourth-order valence-electron chi connectivity index (χ4n) is 1.50. The van der Waals surface area contributed by atoms with E-state index in [2.05, 4.69) is 15.3 Å². The third-order valence-corrected chi connectivity index (χ3v) is 2.46. The molecule has 6 nitrogen and oxygen atoms in total. The van der Waals surface area contributed by atoms with Crippen LogP contribution in [0.25, 0.3) is 6.08 Å². The number of carboxylic acid groups (broad SMARTS) is 1. The summed E-state index contributed by atoms with van der Waals surface area (Å²) in [5.74, 6) is -2.34. The highest BCUT2D eigenvalue weighted by Crippen LogP contribution is 2.13. The van der Waals surface area contributed by atoms with Crippen LogP contribution in [-0.4, -0.2) is 27.0 Å². The van der Waals surface area contributed by atoms with Crippen molar-refractivity contribution in [1.29, 1.82) is 0 Å². The van der Waals surface area contributed by atoms with Gasteiger partial charge in [0, 0.05) is 29.6 Å². The third-order valence-electron chi connectivity index (χ3n) is 2.46. The fraction of sp³-hybridized carbons (Fsp3) is 0. The van der Waals surface area contributed by atoms with Crippen LogP contribution in [0.5, 0.6) is 0 Å². The number of rotatable bonds is 4. The molecular weight excluding hydrogens is 277 g/mol. The summed E-state index contributed by atoms with van der Waals surface area (Å²) >= 11 is 0. The fourth-order valence-corrected chi connectivity index (χ4v) is 1.50. The zero-order valence-corrected chi connectivity index (χ0v) is 10.7. The largest absolute Gasteiger partial charge is 0.478 e. The van der Waals surface area contributed by atoms with Crippen LogP contribution in [0.1, 0.15) is 15.9 Å². The van der Waals surface area contributed by atoms with Crippen molar-refractivity contribution < 1.29 is 19.1 Å². The van der Waals surface area contributed by atoms with Gasteiger partial charge >= 0.3 is 5.97 Å². The molecule has 2 N–H and O–H groups in total. The number of carbonyl (C=O) groups excluding carboxylic acids is 1. The van der Waals surface area contributed by atoms with Crippen LogP contribution in [0, 0.1) is 5.82 Å². The summed E-state index contributed by atoms with van der Waals surface area (Å²) < 4.78 is 13.7. The Balaban J connectivity index is 2.16. The summed E-state index contributed by atoms with van der Waals surface area (Å²) in [4.78, 5) is 29.9. The molecule has 0 atom stereocenters. The van der Waals surface area contributed by atoms with Crippen molar-refractivity contribution >= 4 is 23.9 Å². The van der Waals surface area contributed by atoms with Gasteiger partial charge in [-0.05, 0) is 24.3 Å². The van der Waals surface area contributed by atoms with Crippen molar-refractivity contribution in [2.24, 2.45) is 0 Å². The van der Waals surface area contributed by atoms with Crippen molar-refractivity contribution in [2.45, 2.75) is 0 Å². The lowest BCUT2D eigenvalue weighted by Gasteiger charge is -2.04. The van der Waals surface area contributed by atoms with Crippen LogP contribution in [-0.2, 0) is 4.79 Å². The van der Waals surface area contributed by atoms with Gasteiger partial charge in [0.2, 0.25) is 5.95 Å². The van der Waals surface area contributed by atoms with Crippen molar-refractivity contribution in [3.8, 4) is 0 Å². The van der Waals surface area contributed by atoms with Crippen LogP contribution < -0.4 is 5.32 Å². The molecule has 0 aliphatic rings. The number of hydrogen-bond donors (Lipinski definition) is 2. The second-order valence-electron chi connectivity index (χ2n) is 3.93. The molecule has 1 heterocycles. The molecule has 0 radical (unpaired) electrons. The van der Waals surface area contributed by atoms with E-state index < -0.39 is 17.7 Å². The number of halogens is 1. The Morgan fingerprint density at radius 3 is 2.57 bits per heavy atom. The molecule has 7 heteroatoms. The summed E-state index contributed by atoms with van der Waals surface area (Å²) in [6.07, 6.45) is 4.85. The Kier molecular flexibility index (Phi) is 4.35. The van der Waals surface area contributed by atoms with Crippen molar-refractivity contribution in [2.75, 3.05) is 5.32 Å². The first kappa shape index (κ1) is 14.3. The number of benzene rings is 1. The normalized spacial score (nSPS) is 10.5. The topological polar surface area (TPSA) is 92.2 Å². The van der Waals surface area contributed by atoms with E-state index in [1.807, 2.05) is 0 Å². The van der Waals surface area contributed by atoms with Crippen molar-refractivity contribution in [1.82, 2.24) is 9.97 Å². The quantitative estimate of drug-likeness (QED) is 0.839. The van der Waals surface area contributed by atoms with E-state index in [1.54, 1.807) is 6.07 Å². The van der Waals surface area contributed by atoms with E-state index >= 15 is 0 Å². The standard InChI is InChI=1S/C14H10FN3O3/c15-11-8-10(3-2-9(11)4-5-12(19)20)13(21)18-14-16-6-1-7-17-14/h1-8H,(H,19,20)(H,16,17,18,21).